The van der Waals surface area contributed by atoms with E-state index in [4.69, 9.17) is 23.2 Å². The average molecular weight is 371 g/mol. The quantitative estimate of drug-likeness (QED) is 0.585. The molecule has 128 valence electrons. The average Bonchev–Trinajstić information content (AvgIpc) is 2.65. The summed E-state index contributed by atoms with van der Waals surface area (Å²) in [5.41, 5.74) is 4.41. The van der Waals surface area contributed by atoms with Gasteiger partial charge >= 0.3 is 0 Å². The van der Waals surface area contributed by atoms with Gasteiger partial charge in [-0.25, -0.2) is 0 Å². The largest absolute Gasteiger partial charge is 0.288 e. The summed E-state index contributed by atoms with van der Waals surface area (Å²) >= 11 is 12.5. The molecule has 0 amide bonds. The number of rotatable bonds is 2. The maximum Gasteiger partial charge on any atom is 0.204 e. The van der Waals surface area contributed by atoms with Gasteiger partial charge < -0.3 is 0 Å². The lowest BCUT2D eigenvalue weighted by molar-refractivity contribution is 0.103. The summed E-state index contributed by atoms with van der Waals surface area (Å²) in [4.78, 5) is 12.6. The third-order valence-electron chi connectivity index (χ3n) is 5.69. The van der Waals surface area contributed by atoms with Crippen molar-refractivity contribution in [2.24, 2.45) is 5.92 Å². The number of carbonyl (C=O) groups is 1. The van der Waals surface area contributed by atoms with Gasteiger partial charge in [0.1, 0.15) is 0 Å². The number of benzene rings is 2. The fourth-order valence-corrected chi connectivity index (χ4v) is 4.73. The highest BCUT2D eigenvalue weighted by Gasteiger charge is 2.31. The molecule has 2 aliphatic rings. The van der Waals surface area contributed by atoms with E-state index >= 15 is 0 Å². The summed E-state index contributed by atoms with van der Waals surface area (Å²) in [6.07, 6.45) is 5.27. The number of allylic oxidation sites excluding steroid dienone is 2. The van der Waals surface area contributed by atoms with E-state index in [1.807, 2.05) is 30.3 Å². The number of halogens is 2. The molecule has 2 aromatic carbocycles. The Morgan fingerprint density at radius 1 is 0.800 bits per heavy atom. The summed E-state index contributed by atoms with van der Waals surface area (Å²) in [6, 6.07) is 16.1. The van der Waals surface area contributed by atoms with Crippen molar-refractivity contribution in [1.82, 2.24) is 0 Å². The molecule has 0 atom stereocenters. The Labute approximate surface area is 158 Å². The van der Waals surface area contributed by atoms with Crippen LogP contribution in [0.1, 0.15) is 53.1 Å². The zero-order valence-corrected chi connectivity index (χ0v) is 15.5. The predicted octanol–water partition coefficient (Wildman–Crippen LogP) is 6.55. The van der Waals surface area contributed by atoms with Crippen LogP contribution in [0.2, 0.25) is 5.02 Å². The van der Waals surface area contributed by atoms with Crippen LogP contribution in [0.25, 0.3) is 0 Å². The zero-order valence-electron chi connectivity index (χ0n) is 14.0. The molecule has 0 unspecified atom stereocenters. The Hall–Kier alpha value is -1.57. The molecule has 2 aromatic rings. The highest BCUT2D eigenvalue weighted by molar-refractivity contribution is 6.46. The van der Waals surface area contributed by atoms with Gasteiger partial charge in [0.2, 0.25) is 5.78 Å². The number of Topliss-reactive ketones (excluding diaryl/α,β-unsaturated/α-hetero) is 1. The van der Waals surface area contributed by atoms with Gasteiger partial charge in [0, 0.05) is 10.6 Å². The van der Waals surface area contributed by atoms with Crippen molar-refractivity contribution in [3.05, 3.63) is 80.8 Å². The zero-order chi connectivity index (χ0) is 17.4. The second kappa shape index (κ2) is 6.97. The highest BCUT2D eigenvalue weighted by atomic mass is 35.5. The van der Waals surface area contributed by atoms with E-state index in [0.29, 0.717) is 16.9 Å². The Balaban J connectivity index is 1.50. The standard InChI is InChI=1S/C22H20Cl2O/c23-18-11-9-15(10-12-18)14-5-7-16(8-6-14)20-13-17-3-1-2-4-19(17)22(25)21(20)24/h1-4,9-12,14,16H,5-8,13H2. The van der Waals surface area contributed by atoms with Crippen molar-refractivity contribution in [2.75, 3.05) is 0 Å². The van der Waals surface area contributed by atoms with Gasteiger partial charge in [0.15, 0.2) is 0 Å². The van der Waals surface area contributed by atoms with Crippen molar-refractivity contribution >= 4 is 29.0 Å². The molecule has 0 N–H and O–H groups in total. The van der Waals surface area contributed by atoms with Gasteiger partial charge in [-0.15, -0.1) is 0 Å². The van der Waals surface area contributed by atoms with E-state index in [1.54, 1.807) is 0 Å². The molecule has 0 heterocycles. The van der Waals surface area contributed by atoms with Crippen LogP contribution in [-0.2, 0) is 6.42 Å². The van der Waals surface area contributed by atoms with E-state index in [9.17, 15) is 4.79 Å². The van der Waals surface area contributed by atoms with E-state index in [2.05, 4.69) is 18.2 Å². The molecule has 2 aliphatic carbocycles. The van der Waals surface area contributed by atoms with Crippen LogP contribution >= 0.6 is 23.2 Å². The van der Waals surface area contributed by atoms with Gasteiger partial charge in [-0.3, -0.25) is 4.79 Å². The maximum absolute atomic E-state index is 12.6. The van der Waals surface area contributed by atoms with E-state index in [0.717, 1.165) is 53.8 Å². The number of hydrogen-bond acceptors (Lipinski definition) is 1. The summed E-state index contributed by atoms with van der Waals surface area (Å²) in [7, 11) is 0. The topological polar surface area (TPSA) is 17.1 Å². The van der Waals surface area contributed by atoms with Crippen LogP contribution in [0.15, 0.2) is 59.1 Å². The van der Waals surface area contributed by atoms with Crippen molar-refractivity contribution in [2.45, 2.75) is 38.0 Å². The first-order valence-electron chi connectivity index (χ1n) is 8.90. The normalized spacial score (nSPS) is 23.5. The van der Waals surface area contributed by atoms with Crippen molar-refractivity contribution in [3.8, 4) is 0 Å². The fraction of sp³-hybridized carbons (Fsp3) is 0.318. The fourth-order valence-electron chi connectivity index (χ4n) is 4.28. The minimum absolute atomic E-state index is 0.00154. The Morgan fingerprint density at radius 2 is 1.44 bits per heavy atom. The number of carbonyl (C=O) groups excluding carboxylic acids is 1. The highest BCUT2D eigenvalue weighted by Crippen LogP contribution is 2.43. The lowest BCUT2D eigenvalue weighted by Crippen LogP contribution is -2.22. The predicted molar refractivity (Wildman–Crippen MR) is 104 cm³/mol. The second-order valence-corrected chi connectivity index (χ2v) is 7.92. The molecule has 3 heteroatoms. The molecule has 1 nitrogen and oxygen atoms in total. The van der Waals surface area contributed by atoms with E-state index in [-0.39, 0.29) is 5.78 Å². The minimum Gasteiger partial charge on any atom is -0.288 e. The third-order valence-corrected chi connectivity index (χ3v) is 6.35. The monoisotopic (exact) mass is 370 g/mol. The van der Waals surface area contributed by atoms with Gasteiger partial charge in [-0.05, 0) is 72.8 Å². The first-order chi connectivity index (χ1) is 12.1. The van der Waals surface area contributed by atoms with Gasteiger partial charge in [-0.2, -0.15) is 0 Å². The molecule has 0 spiro atoms. The Morgan fingerprint density at radius 3 is 2.16 bits per heavy atom. The molecular weight excluding hydrogens is 351 g/mol. The lowest BCUT2D eigenvalue weighted by atomic mass is 9.73. The first kappa shape index (κ1) is 16.9. The van der Waals surface area contributed by atoms with E-state index < -0.39 is 0 Å². The molecule has 25 heavy (non-hydrogen) atoms. The molecule has 4 rings (SSSR count). The molecule has 0 aliphatic heterocycles. The van der Waals surface area contributed by atoms with Crippen LogP contribution < -0.4 is 0 Å². The van der Waals surface area contributed by atoms with Crippen molar-refractivity contribution < 1.29 is 4.79 Å². The van der Waals surface area contributed by atoms with Crippen LogP contribution in [0.5, 0.6) is 0 Å². The summed E-state index contributed by atoms with van der Waals surface area (Å²) in [6.45, 7) is 0. The van der Waals surface area contributed by atoms with Crippen LogP contribution in [0.3, 0.4) is 0 Å². The number of ketones is 1. The molecule has 0 saturated heterocycles. The molecule has 0 aromatic heterocycles. The smallest absolute Gasteiger partial charge is 0.204 e. The molecular formula is C22H20Cl2O. The number of fused-ring (bicyclic) bond motifs is 1. The molecule has 1 fully saturated rings. The summed E-state index contributed by atoms with van der Waals surface area (Å²) in [5.74, 6) is 1.01. The number of hydrogen-bond donors (Lipinski definition) is 0. The first-order valence-corrected chi connectivity index (χ1v) is 9.65. The molecule has 0 bridgehead atoms. The third kappa shape index (κ3) is 3.28. The maximum atomic E-state index is 12.6. The summed E-state index contributed by atoms with van der Waals surface area (Å²) < 4.78 is 0. The summed E-state index contributed by atoms with van der Waals surface area (Å²) in [5, 5.41) is 1.25. The SMILES string of the molecule is O=C1C(Cl)=C(C2CCC(c3ccc(Cl)cc3)CC2)Cc2ccccc21. The van der Waals surface area contributed by atoms with Crippen molar-refractivity contribution in [1.29, 1.82) is 0 Å². The Bertz CT molecular complexity index is 827. The van der Waals surface area contributed by atoms with E-state index in [1.165, 1.54) is 5.56 Å². The van der Waals surface area contributed by atoms with Gasteiger partial charge in [0.05, 0.1) is 5.03 Å². The lowest BCUT2D eigenvalue weighted by Gasteiger charge is -2.32. The van der Waals surface area contributed by atoms with Crippen LogP contribution in [0.4, 0.5) is 0 Å². The van der Waals surface area contributed by atoms with Crippen molar-refractivity contribution in [3.63, 3.8) is 0 Å². The molecule has 1 saturated carbocycles. The molecule has 0 radical (unpaired) electrons. The van der Waals surface area contributed by atoms with Gasteiger partial charge in [-0.1, -0.05) is 59.6 Å². The van der Waals surface area contributed by atoms with Crippen LogP contribution in [0, 0.1) is 5.92 Å². The minimum atomic E-state index is -0.00154. The Kier molecular flexibility index (Phi) is 4.71. The second-order valence-electron chi connectivity index (χ2n) is 7.10. The van der Waals surface area contributed by atoms with Gasteiger partial charge in [0.25, 0.3) is 0 Å². The van der Waals surface area contributed by atoms with Crippen LogP contribution in [-0.4, -0.2) is 5.78 Å².